The molecule has 0 spiro atoms. The number of rotatable bonds is 4. The molecule has 0 unspecified atom stereocenters. The third-order valence-electron chi connectivity index (χ3n) is 3.61. The number of ether oxygens (including phenoxy) is 1. The quantitative estimate of drug-likeness (QED) is 0.572. The summed E-state index contributed by atoms with van der Waals surface area (Å²) in [6.45, 7) is 0. The van der Waals surface area contributed by atoms with Gasteiger partial charge in [-0.2, -0.15) is 5.10 Å². The van der Waals surface area contributed by atoms with Crippen molar-refractivity contribution < 1.29 is 14.6 Å². The summed E-state index contributed by atoms with van der Waals surface area (Å²) in [4.78, 5) is 12.4. The van der Waals surface area contributed by atoms with Crippen LogP contribution in [-0.2, 0) is 0 Å². The molecular formula is C19H16N2O3. The Morgan fingerprint density at radius 2 is 1.96 bits per heavy atom. The minimum atomic E-state index is -0.469. The van der Waals surface area contributed by atoms with Crippen LogP contribution in [0, 0.1) is 0 Å². The summed E-state index contributed by atoms with van der Waals surface area (Å²) in [7, 11) is 1.58. The van der Waals surface area contributed by atoms with Crippen molar-refractivity contribution >= 4 is 22.9 Å². The maximum Gasteiger partial charge on any atom is 0.275 e. The highest BCUT2D eigenvalue weighted by molar-refractivity contribution is 6.09. The van der Waals surface area contributed by atoms with Gasteiger partial charge in [0.25, 0.3) is 5.91 Å². The molecule has 3 aromatic rings. The number of fused-ring (bicyclic) bond motifs is 1. The first-order valence-electron chi connectivity index (χ1n) is 7.37. The Hall–Kier alpha value is -3.34. The van der Waals surface area contributed by atoms with Crippen molar-refractivity contribution in [1.82, 2.24) is 5.43 Å². The van der Waals surface area contributed by atoms with E-state index in [4.69, 9.17) is 4.74 Å². The summed E-state index contributed by atoms with van der Waals surface area (Å²) in [6.07, 6.45) is 1.52. The van der Waals surface area contributed by atoms with Crippen LogP contribution < -0.4 is 10.2 Å². The van der Waals surface area contributed by atoms with Gasteiger partial charge in [0.1, 0.15) is 11.5 Å². The maximum absolute atomic E-state index is 12.4. The zero-order chi connectivity index (χ0) is 16.9. The third-order valence-corrected chi connectivity index (χ3v) is 3.61. The van der Waals surface area contributed by atoms with Crippen LogP contribution in [-0.4, -0.2) is 24.3 Å². The minimum absolute atomic E-state index is 0.0808. The second kappa shape index (κ2) is 6.83. The highest BCUT2D eigenvalue weighted by atomic mass is 16.5. The van der Waals surface area contributed by atoms with E-state index in [0.717, 1.165) is 10.9 Å². The van der Waals surface area contributed by atoms with Gasteiger partial charge in [-0.25, -0.2) is 5.43 Å². The first-order chi connectivity index (χ1) is 11.7. The Labute approximate surface area is 139 Å². The fraction of sp³-hybridized carbons (Fsp3) is 0.0526. The van der Waals surface area contributed by atoms with E-state index in [1.165, 1.54) is 12.3 Å². The van der Waals surface area contributed by atoms with E-state index in [1.807, 2.05) is 36.4 Å². The minimum Gasteiger partial charge on any atom is -0.507 e. The first kappa shape index (κ1) is 15.6. The standard InChI is InChI=1S/C19H16N2O3/c1-24-15-7-4-5-13(11-15)12-20-21-19(23)18-16-8-3-2-6-14(16)9-10-17(18)22/h2-12,22H,1H3,(H,21,23)/b20-12+. The van der Waals surface area contributed by atoms with Crippen LogP contribution in [0.5, 0.6) is 11.5 Å². The molecule has 0 saturated heterocycles. The molecule has 0 heterocycles. The van der Waals surface area contributed by atoms with Crippen molar-refractivity contribution in [3.63, 3.8) is 0 Å². The van der Waals surface area contributed by atoms with E-state index in [0.29, 0.717) is 11.1 Å². The number of benzene rings is 3. The molecule has 0 atom stereocenters. The Bertz CT molecular complexity index is 919. The van der Waals surface area contributed by atoms with Gasteiger partial charge in [-0.3, -0.25) is 4.79 Å². The SMILES string of the molecule is COc1cccc(/C=N/NC(=O)c2c(O)ccc3ccccc23)c1. The molecule has 5 heteroatoms. The molecule has 120 valence electrons. The zero-order valence-corrected chi connectivity index (χ0v) is 13.1. The van der Waals surface area contributed by atoms with Crippen LogP contribution in [0.25, 0.3) is 10.8 Å². The number of methoxy groups -OCH3 is 1. The van der Waals surface area contributed by atoms with Crippen molar-refractivity contribution in [2.75, 3.05) is 7.11 Å². The number of carbonyl (C=O) groups excluding carboxylic acids is 1. The fourth-order valence-corrected chi connectivity index (χ4v) is 2.44. The van der Waals surface area contributed by atoms with Crippen LogP contribution in [0.2, 0.25) is 0 Å². The summed E-state index contributed by atoms with van der Waals surface area (Å²) in [5, 5.41) is 15.5. The molecule has 0 radical (unpaired) electrons. The maximum atomic E-state index is 12.4. The monoisotopic (exact) mass is 320 g/mol. The lowest BCUT2D eigenvalue weighted by Gasteiger charge is -2.07. The molecule has 0 aromatic heterocycles. The van der Waals surface area contributed by atoms with Crippen molar-refractivity contribution in [3.05, 3.63) is 71.8 Å². The lowest BCUT2D eigenvalue weighted by atomic mass is 10.0. The van der Waals surface area contributed by atoms with E-state index in [1.54, 1.807) is 25.3 Å². The molecule has 0 aliphatic heterocycles. The van der Waals surface area contributed by atoms with Gasteiger partial charge in [0.2, 0.25) is 0 Å². The van der Waals surface area contributed by atoms with Crippen LogP contribution in [0.15, 0.2) is 65.8 Å². The van der Waals surface area contributed by atoms with E-state index in [2.05, 4.69) is 10.5 Å². The van der Waals surface area contributed by atoms with Crippen LogP contribution in [0.1, 0.15) is 15.9 Å². The second-order valence-electron chi connectivity index (χ2n) is 5.16. The van der Waals surface area contributed by atoms with Crippen molar-refractivity contribution in [2.24, 2.45) is 5.10 Å². The molecule has 3 rings (SSSR count). The normalized spacial score (nSPS) is 10.9. The molecule has 0 saturated carbocycles. The van der Waals surface area contributed by atoms with E-state index in [9.17, 15) is 9.90 Å². The van der Waals surface area contributed by atoms with Crippen molar-refractivity contribution in [2.45, 2.75) is 0 Å². The third kappa shape index (κ3) is 3.20. The van der Waals surface area contributed by atoms with Gasteiger partial charge in [-0.05, 0) is 34.5 Å². The number of amides is 1. The summed E-state index contributed by atoms with van der Waals surface area (Å²) in [5.41, 5.74) is 3.44. The van der Waals surface area contributed by atoms with Crippen molar-refractivity contribution in [3.8, 4) is 11.5 Å². The molecule has 0 aliphatic rings. The molecule has 0 fully saturated rings. The topological polar surface area (TPSA) is 70.9 Å². The summed E-state index contributed by atoms with van der Waals surface area (Å²) < 4.78 is 5.13. The smallest absolute Gasteiger partial charge is 0.275 e. The lowest BCUT2D eigenvalue weighted by molar-refractivity contribution is 0.0954. The van der Waals surface area contributed by atoms with Gasteiger partial charge < -0.3 is 9.84 Å². The average Bonchev–Trinajstić information content (AvgIpc) is 2.61. The molecule has 2 N–H and O–H groups in total. The van der Waals surface area contributed by atoms with Gasteiger partial charge in [0.15, 0.2) is 0 Å². The number of hydrogen-bond donors (Lipinski definition) is 2. The van der Waals surface area contributed by atoms with Crippen LogP contribution in [0.4, 0.5) is 0 Å². The van der Waals surface area contributed by atoms with E-state index < -0.39 is 5.91 Å². The molecule has 1 amide bonds. The Balaban J connectivity index is 1.83. The number of phenolic OH excluding ortho intramolecular Hbond substituents is 1. The highest BCUT2D eigenvalue weighted by Gasteiger charge is 2.14. The molecular weight excluding hydrogens is 304 g/mol. The molecule has 3 aromatic carbocycles. The van der Waals surface area contributed by atoms with Crippen molar-refractivity contribution in [1.29, 1.82) is 0 Å². The van der Waals surface area contributed by atoms with Crippen LogP contribution in [0.3, 0.4) is 0 Å². The first-order valence-corrected chi connectivity index (χ1v) is 7.37. The van der Waals surface area contributed by atoms with E-state index >= 15 is 0 Å². The lowest BCUT2D eigenvalue weighted by Crippen LogP contribution is -2.18. The van der Waals surface area contributed by atoms with Gasteiger partial charge >= 0.3 is 0 Å². The number of nitrogens with one attached hydrogen (secondary N) is 1. The van der Waals surface area contributed by atoms with Crippen LogP contribution >= 0.6 is 0 Å². The molecule has 0 aliphatic carbocycles. The Morgan fingerprint density at radius 3 is 2.79 bits per heavy atom. The number of nitrogens with zero attached hydrogens (tertiary/aromatic N) is 1. The Kier molecular flexibility index (Phi) is 4.43. The molecule has 24 heavy (non-hydrogen) atoms. The number of aromatic hydroxyl groups is 1. The summed E-state index contributed by atoms with van der Waals surface area (Å²) >= 11 is 0. The van der Waals surface area contributed by atoms with Gasteiger partial charge in [-0.15, -0.1) is 0 Å². The number of hydrogen-bond acceptors (Lipinski definition) is 4. The predicted molar refractivity (Wildman–Crippen MR) is 93.7 cm³/mol. The summed E-state index contributed by atoms with van der Waals surface area (Å²) in [6, 6.07) is 17.9. The zero-order valence-electron chi connectivity index (χ0n) is 13.1. The number of hydrazone groups is 1. The van der Waals surface area contributed by atoms with Gasteiger partial charge in [0, 0.05) is 0 Å². The second-order valence-corrected chi connectivity index (χ2v) is 5.16. The van der Waals surface area contributed by atoms with E-state index in [-0.39, 0.29) is 11.3 Å². The average molecular weight is 320 g/mol. The number of carbonyl (C=O) groups is 1. The predicted octanol–water partition coefficient (Wildman–Crippen LogP) is 3.32. The van der Waals surface area contributed by atoms with Gasteiger partial charge in [0.05, 0.1) is 18.9 Å². The van der Waals surface area contributed by atoms with Gasteiger partial charge in [-0.1, -0.05) is 42.5 Å². The largest absolute Gasteiger partial charge is 0.507 e. The fourth-order valence-electron chi connectivity index (χ4n) is 2.44. The number of phenols is 1. The summed E-state index contributed by atoms with van der Waals surface area (Å²) in [5.74, 6) is 0.156. The molecule has 5 nitrogen and oxygen atoms in total. The Morgan fingerprint density at radius 1 is 1.12 bits per heavy atom. The molecule has 0 bridgehead atoms. The highest BCUT2D eigenvalue weighted by Crippen LogP contribution is 2.26.